The maximum absolute atomic E-state index is 13.9. The van der Waals surface area contributed by atoms with Crippen LogP contribution < -0.4 is 0 Å². The van der Waals surface area contributed by atoms with Gasteiger partial charge in [0.1, 0.15) is 11.5 Å². The summed E-state index contributed by atoms with van der Waals surface area (Å²) in [7, 11) is -3.92. The number of hydrogen-bond acceptors (Lipinski definition) is 5. The predicted molar refractivity (Wildman–Crippen MR) is 114 cm³/mol. The summed E-state index contributed by atoms with van der Waals surface area (Å²) in [5.74, 6) is -0.661. The summed E-state index contributed by atoms with van der Waals surface area (Å²) in [5, 5.41) is 3.83. The lowest BCUT2D eigenvalue weighted by Gasteiger charge is -2.33. The lowest BCUT2D eigenvalue weighted by atomic mass is 9.98. The number of halogens is 1. The smallest absolute Gasteiger partial charge is 0.248 e. The van der Waals surface area contributed by atoms with Crippen molar-refractivity contribution in [2.24, 2.45) is 5.92 Å². The van der Waals surface area contributed by atoms with Crippen LogP contribution in [0.2, 0.25) is 0 Å². The highest BCUT2D eigenvalue weighted by Gasteiger charge is 2.38. The molecule has 166 valence electrons. The molecule has 0 unspecified atom stereocenters. The molecule has 4 rings (SSSR count). The molecule has 0 N–H and O–H groups in total. The van der Waals surface area contributed by atoms with Crippen molar-refractivity contribution in [2.75, 3.05) is 26.2 Å². The Morgan fingerprint density at radius 3 is 2.65 bits per heavy atom. The van der Waals surface area contributed by atoms with E-state index >= 15 is 0 Å². The predicted octanol–water partition coefficient (Wildman–Crippen LogP) is 3.32. The number of aryl methyl sites for hydroxylation is 1. The average Bonchev–Trinajstić information content (AvgIpc) is 3.43. The molecular formula is C22H26FN3O4S. The van der Waals surface area contributed by atoms with Crippen molar-refractivity contribution in [2.45, 2.75) is 37.5 Å². The number of likely N-dealkylation sites (tertiary alicyclic amines) is 1. The molecule has 2 aliphatic heterocycles. The van der Waals surface area contributed by atoms with E-state index in [1.54, 1.807) is 25.1 Å². The number of nitrogens with zero attached hydrogens (tertiary/aromatic N) is 3. The van der Waals surface area contributed by atoms with Crippen LogP contribution in [-0.2, 0) is 14.8 Å². The molecule has 31 heavy (non-hydrogen) atoms. The number of rotatable bonds is 5. The summed E-state index contributed by atoms with van der Waals surface area (Å²) in [6.45, 7) is 3.55. The number of carbonyl (C=O) groups is 1. The number of carbonyl (C=O) groups excluding carboxylic acids is 1. The molecule has 9 heteroatoms. The molecule has 7 nitrogen and oxygen atoms in total. The fourth-order valence-corrected chi connectivity index (χ4v) is 6.04. The van der Waals surface area contributed by atoms with Gasteiger partial charge in [-0.3, -0.25) is 4.79 Å². The Morgan fingerprint density at radius 1 is 1.16 bits per heavy atom. The van der Waals surface area contributed by atoms with E-state index in [0.717, 1.165) is 25.9 Å². The van der Waals surface area contributed by atoms with Crippen molar-refractivity contribution in [1.29, 1.82) is 0 Å². The molecule has 0 bridgehead atoms. The van der Waals surface area contributed by atoms with Gasteiger partial charge < -0.3 is 9.42 Å². The topological polar surface area (TPSA) is 83.7 Å². The summed E-state index contributed by atoms with van der Waals surface area (Å²) in [5.41, 5.74) is 0.551. The van der Waals surface area contributed by atoms with E-state index in [-0.39, 0.29) is 34.7 Å². The second kappa shape index (κ2) is 8.92. The molecule has 1 aromatic carbocycles. The van der Waals surface area contributed by atoms with E-state index in [0.29, 0.717) is 24.9 Å². The second-order valence-electron chi connectivity index (χ2n) is 8.05. The Hall–Kier alpha value is -2.52. The number of amides is 1. The van der Waals surface area contributed by atoms with E-state index in [2.05, 4.69) is 5.16 Å². The van der Waals surface area contributed by atoms with Crippen LogP contribution in [0, 0.1) is 18.7 Å². The second-order valence-corrected chi connectivity index (χ2v) is 9.93. The number of hydrogen-bond donors (Lipinski definition) is 0. The van der Waals surface area contributed by atoms with Crippen LogP contribution in [0.4, 0.5) is 4.39 Å². The first-order valence-electron chi connectivity index (χ1n) is 10.6. The van der Waals surface area contributed by atoms with Crippen LogP contribution in [0.15, 0.2) is 33.7 Å². The first-order chi connectivity index (χ1) is 14.9. The minimum Gasteiger partial charge on any atom is -0.355 e. The van der Waals surface area contributed by atoms with Crippen LogP contribution in [0.25, 0.3) is 12.2 Å². The van der Waals surface area contributed by atoms with Gasteiger partial charge in [-0.2, -0.15) is 4.31 Å². The summed E-state index contributed by atoms with van der Waals surface area (Å²) in [6, 6.07) is 6.19. The SMILES string of the molecule is Cc1noc(/C=C/c2ccccc2F)c1S(=O)(=O)N1CCC[C@H](C(=O)N2CCCC2)C1. The Balaban J connectivity index is 1.58. The van der Waals surface area contributed by atoms with E-state index in [4.69, 9.17) is 4.52 Å². The van der Waals surface area contributed by atoms with Gasteiger partial charge in [-0.05, 0) is 50.8 Å². The highest BCUT2D eigenvalue weighted by Crippen LogP contribution is 2.30. The molecule has 3 heterocycles. The highest BCUT2D eigenvalue weighted by atomic mass is 32.2. The first-order valence-corrected chi connectivity index (χ1v) is 12.0. The Morgan fingerprint density at radius 2 is 1.90 bits per heavy atom. The monoisotopic (exact) mass is 447 g/mol. The molecule has 2 aromatic rings. The molecule has 1 atom stereocenters. The van der Waals surface area contributed by atoms with Gasteiger partial charge in [-0.25, -0.2) is 12.8 Å². The lowest BCUT2D eigenvalue weighted by molar-refractivity contribution is -0.135. The molecule has 0 saturated carbocycles. The largest absolute Gasteiger partial charge is 0.355 e. The number of benzene rings is 1. The van der Waals surface area contributed by atoms with Crippen molar-refractivity contribution >= 4 is 28.1 Å². The van der Waals surface area contributed by atoms with Crippen molar-refractivity contribution in [3.63, 3.8) is 0 Å². The van der Waals surface area contributed by atoms with Gasteiger partial charge in [0.05, 0.1) is 5.92 Å². The van der Waals surface area contributed by atoms with Crippen LogP contribution >= 0.6 is 0 Å². The van der Waals surface area contributed by atoms with Gasteiger partial charge in [0, 0.05) is 31.7 Å². The van der Waals surface area contributed by atoms with Gasteiger partial charge >= 0.3 is 0 Å². The zero-order valence-corrected chi connectivity index (χ0v) is 18.3. The van der Waals surface area contributed by atoms with Crippen molar-refractivity contribution in [3.05, 3.63) is 47.1 Å². The first kappa shape index (κ1) is 21.7. The maximum Gasteiger partial charge on any atom is 0.248 e. The third-order valence-corrected chi connectivity index (χ3v) is 7.93. The average molecular weight is 448 g/mol. The molecule has 0 spiro atoms. The zero-order chi connectivity index (χ0) is 22.0. The van der Waals surface area contributed by atoms with Gasteiger partial charge in [0.15, 0.2) is 10.7 Å². The molecule has 1 aromatic heterocycles. The molecule has 2 fully saturated rings. The summed E-state index contributed by atoms with van der Waals surface area (Å²) in [4.78, 5) is 14.6. The minimum atomic E-state index is -3.92. The van der Waals surface area contributed by atoms with Crippen LogP contribution in [0.5, 0.6) is 0 Å². The molecule has 2 aliphatic rings. The summed E-state index contributed by atoms with van der Waals surface area (Å²) in [6.07, 6.45) is 6.18. The molecular weight excluding hydrogens is 421 g/mol. The van der Waals surface area contributed by atoms with Crippen LogP contribution in [0.3, 0.4) is 0 Å². The van der Waals surface area contributed by atoms with E-state index in [9.17, 15) is 17.6 Å². The summed E-state index contributed by atoms with van der Waals surface area (Å²) < 4.78 is 47.4. The number of sulfonamides is 1. The number of piperidine rings is 1. The van der Waals surface area contributed by atoms with E-state index < -0.39 is 15.8 Å². The van der Waals surface area contributed by atoms with Gasteiger partial charge in [0.25, 0.3) is 0 Å². The third-order valence-electron chi connectivity index (χ3n) is 5.90. The Kier molecular flexibility index (Phi) is 6.24. The quantitative estimate of drug-likeness (QED) is 0.702. The van der Waals surface area contributed by atoms with Crippen molar-refractivity contribution in [3.8, 4) is 0 Å². The van der Waals surface area contributed by atoms with Gasteiger partial charge in [0.2, 0.25) is 15.9 Å². The van der Waals surface area contributed by atoms with E-state index in [1.165, 1.54) is 22.5 Å². The lowest BCUT2D eigenvalue weighted by Crippen LogP contribution is -2.46. The minimum absolute atomic E-state index is 0.0330. The molecule has 1 amide bonds. The Labute approximate surface area is 181 Å². The molecule has 0 radical (unpaired) electrons. The van der Waals surface area contributed by atoms with Crippen molar-refractivity contribution in [1.82, 2.24) is 14.4 Å². The standard InChI is InChI=1S/C22H26FN3O4S/c1-16-21(20(30-24-16)11-10-17-7-2-3-9-19(17)23)31(28,29)26-14-6-8-18(15-26)22(27)25-12-4-5-13-25/h2-3,7,9-11,18H,4-6,8,12-15H2,1H3/b11-10+/t18-/m0/s1. The van der Waals surface area contributed by atoms with E-state index in [1.807, 2.05) is 4.90 Å². The zero-order valence-electron chi connectivity index (χ0n) is 17.5. The maximum atomic E-state index is 13.9. The van der Waals surface area contributed by atoms with Crippen LogP contribution in [-0.4, -0.2) is 54.9 Å². The summed E-state index contributed by atoms with van der Waals surface area (Å²) >= 11 is 0. The Bertz CT molecular complexity index is 1090. The highest BCUT2D eigenvalue weighted by molar-refractivity contribution is 7.89. The number of aromatic nitrogens is 1. The molecule has 0 aliphatic carbocycles. The fourth-order valence-electron chi connectivity index (χ4n) is 4.26. The molecule has 2 saturated heterocycles. The van der Waals surface area contributed by atoms with Crippen LogP contribution in [0.1, 0.15) is 42.7 Å². The fraction of sp³-hybridized carbons (Fsp3) is 0.455. The third kappa shape index (κ3) is 4.43. The van der Waals surface area contributed by atoms with Crippen molar-refractivity contribution < 1.29 is 22.1 Å². The van der Waals surface area contributed by atoms with Gasteiger partial charge in [-0.15, -0.1) is 0 Å². The normalized spacial score (nSPS) is 20.6. The van der Waals surface area contributed by atoms with Gasteiger partial charge in [-0.1, -0.05) is 23.4 Å².